The molecule has 0 aliphatic rings. The maximum absolute atomic E-state index is 6.35. The summed E-state index contributed by atoms with van der Waals surface area (Å²) >= 11 is 3.43. The molecule has 2 aromatic carbocycles. The molecule has 46 heavy (non-hydrogen) atoms. The van der Waals surface area contributed by atoms with E-state index in [2.05, 4.69) is 27.7 Å². The largest absolute Gasteiger partial charge is 0.493 e. The lowest BCUT2D eigenvalue weighted by Gasteiger charge is -2.21. The lowest BCUT2D eigenvalue weighted by Crippen LogP contribution is -2.08. The topological polar surface area (TPSA) is 73.8 Å². The molecule has 10 heteroatoms. The maximum Gasteiger partial charge on any atom is 0.204 e. The summed E-state index contributed by atoms with van der Waals surface area (Å²) in [6.07, 6.45) is -0.128. The van der Waals surface area contributed by atoms with Gasteiger partial charge < -0.3 is 37.9 Å². The van der Waals surface area contributed by atoms with Crippen LogP contribution in [0.1, 0.15) is 49.9 Å². The first-order chi connectivity index (χ1) is 21.9. The standard InChI is InChI=1S/C36H46O8S2/c1-17(2)43-23-15-25(37-9)29(39-11)31(41-13)27(23)33-19(5)21(7)35(45-33)36-22(8)20(6)34(46-36)28-24(44-18(3)4)16-26(38-10)30(40-12)32(28)42-14/h15-18H,1-14H3. The normalized spacial score (nSPS) is 11.2. The number of hydrogen-bond donors (Lipinski definition) is 0. The lowest BCUT2D eigenvalue weighted by molar-refractivity contribution is 0.239. The van der Waals surface area contributed by atoms with E-state index in [1.807, 2.05) is 39.8 Å². The molecule has 0 fully saturated rings. The quantitative estimate of drug-likeness (QED) is 0.139. The van der Waals surface area contributed by atoms with Gasteiger partial charge in [-0.25, -0.2) is 0 Å². The van der Waals surface area contributed by atoms with Gasteiger partial charge in [0.25, 0.3) is 0 Å². The van der Waals surface area contributed by atoms with Crippen LogP contribution in [0.2, 0.25) is 0 Å². The highest BCUT2D eigenvalue weighted by Crippen LogP contribution is 2.58. The first-order valence-electron chi connectivity index (χ1n) is 15.1. The van der Waals surface area contributed by atoms with Crippen molar-refractivity contribution in [3.63, 3.8) is 0 Å². The number of ether oxygens (including phenoxy) is 8. The van der Waals surface area contributed by atoms with Crippen LogP contribution >= 0.6 is 22.7 Å². The number of hydrogen-bond acceptors (Lipinski definition) is 10. The molecule has 4 rings (SSSR count). The summed E-state index contributed by atoms with van der Waals surface area (Å²) < 4.78 is 47.6. The van der Waals surface area contributed by atoms with Crippen LogP contribution in [0.25, 0.3) is 30.6 Å². The van der Waals surface area contributed by atoms with Crippen LogP contribution < -0.4 is 37.9 Å². The molecule has 0 unspecified atom stereocenters. The van der Waals surface area contributed by atoms with Gasteiger partial charge in [0.05, 0.1) is 66.0 Å². The van der Waals surface area contributed by atoms with Crippen molar-refractivity contribution in [2.45, 2.75) is 67.6 Å². The predicted molar refractivity (Wildman–Crippen MR) is 188 cm³/mol. The first-order valence-corrected chi connectivity index (χ1v) is 16.7. The molecule has 8 nitrogen and oxygen atoms in total. The van der Waals surface area contributed by atoms with Gasteiger partial charge in [-0.3, -0.25) is 0 Å². The highest BCUT2D eigenvalue weighted by atomic mass is 32.1. The van der Waals surface area contributed by atoms with Crippen molar-refractivity contribution >= 4 is 22.7 Å². The zero-order valence-corrected chi connectivity index (χ0v) is 31.0. The Kier molecular flexibility index (Phi) is 10.9. The number of thiophene rings is 2. The minimum Gasteiger partial charge on any atom is -0.493 e. The van der Waals surface area contributed by atoms with Crippen LogP contribution in [0.3, 0.4) is 0 Å². The molecule has 0 radical (unpaired) electrons. The van der Waals surface area contributed by atoms with Crippen molar-refractivity contribution in [3.05, 3.63) is 34.4 Å². The molecular formula is C36H46O8S2. The van der Waals surface area contributed by atoms with Gasteiger partial charge in [-0.1, -0.05) is 0 Å². The molecule has 0 bridgehead atoms. The second kappa shape index (κ2) is 14.3. The third-order valence-electron chi connectivity index (χ3n) is 7.87. The maximum atomic E-state index is 6.35. The van der Waals surface area contributed by atoms with E-state index in [-0.39, 0.29) is 12.2 Å². The van der Waals surface area contributed by atoms with E-state index in [0.717, 1.165) is 32.0 Å². The minimum absolute atomic E-state index is 0.0640. The lowest BCUT2D eigenvalue weighted by atomic mass is 10.0. The molecular weight excluding hydrogens is 625 g/mol. The van der Waals surface area contributed by atoms with Crippen molar-refractivity contribution in [1.29, 1.82) is 0 Å². The van der Waals surface area contributed by atoms with Crippen LogP contribution in [0.15, 0.2) is 12.1 Å². The second-order valence-electron chi connectivity index (χ2n) is 11.4. The Hall–Kier alpha value is -3.76. The van der Waals surface area contributed by atoms with E-state index in [1.54, 1.807) is 65.3 Å². The highest BCUT2D eigenvalue weighted by molar-refractivity contribution is 7.25. The van der Waals surface area contributed by atoms with E-state index < -0.39 is 0 Å². The number of methoxy groups -OCH3 is 6. The van der Waals surface area contributed by atoms with Gasteiger partial charge in [0, 0.05) is 31.6 Å². The Morgan fingerprint density at radius 1 is 0.413 bits per heavy atom. The van der Waals surface area contributed by atoms with Crippen LogP contribution in [-0.4, -0.2) is 54.9 Å². The van der Waals surface area contributed by atoms with E-state index >= 15 is 0 Å². The van der Waals surface area contributed by atoms with Gasteiger partial charge in [-0.15, -0.1) is 22.7 Å². The monoisotopic (exact) mass is 670 g/mol. The Labute approximate surface area is 281 Å². The third-order valence-corrected chi connectivity index (χ3v) is 10.9. The summed E-state index contributed by atoms with van der Waals surface area (Å²) in [4.78, 5) is 4.42. The molecule has 2 aromatic heterocycles. The van der Waals surface area contributed by atoms with E-state index in [9.17, 15) is 0 Å². The third kappa shape index (κ3) is 6.17. The molecule has 0 saturated heterocycles. The van der Waals surface area contributed by atoms with Gasteiger partial charge in [0.2, 0.25) is 11.5 Å². The van der Waals surface area contributed by atoms with Crippen LogP contribution in [0.4, 0.5) is 0 Å². The first kappa shape index (κ1) is 35.1. The van der Waals surface area contributed by atoms with Gasteiger partial charge in [0.15, 0.2) is 23.0 Å². The second-order valence-corrected chi connectivity index (χ2v) is 13.4. The summed E-state index contributed by atoms with van der Waals surface area (Å²) in [5.74, 6) is 4.61. The fraction of sp³-hybridized carbons (Fsp3) is 0.444. The predicted octanol–water partition coefficient (Wildman–Crippen LogP) is 9.67. The van der Waals surface area contributed by atoms with Crippen molar-refractivity contribution in [2.24, 2.45) is 0 Å². The van der Waals surface area contributed by atoms with E-state index in [4.69, 9.17) is 37.9 Å². The Morgan fingerprint density at radius 2 is 0.717 bits per heavy atom. The highest BCUT2D eigenvalue weighted by Gasteiger charge is 2.31. The molecule has 0 spiro atoms. The van der Waals surface area contributed by atoms with Crippen molar-refractivity contribution in [2.75, 3.05) is 42.7 Å². The molecule has 0 N–H and O–H groups in total. The smallest absolute Gasteiger partial charge is 0.204 e. The van der Waals surface area contributed by atoms with Gasteiger partial charge in [-0.05, 0) is 77.6 Å². The summed E-state index contributed by atoms with van der Waals surface area (Å²) in [5.41, 5.74) is 6.32. The number of benzene rings is 2. The molecule has 250 valence electrons. The van der Waals surface area contributed by atoms with Gasteiger partial charge in [0.1, 0.15) is 11.5 Å². The average Bonchev–Trinajstić information content (AvgIpc) is 3.48. The van der Waals surface area contributed by atoms with Crippen molar-refractivity contribution in [1.82, 2.24) is 0 Å². The van der Waals surface area contributed by atoms with Crippen LogP contribution in [0.5, 0.6) is 46.0 Å². The van der Waals surface area contributed by atoms with E-state index in [1.165, 1.54) is 20.9 Å². The van der Waals surface area contributed by atoms with Crippen molar-refractivity contribution in [3.8, 4) is 76.6 Å². The minimum atomic E-state index is -0.0640. The fourth-order valence-corrected chi connectivity index (χ4v) is 8.46. The van der Waals surface area contributed by atoms with Crippen molar-refractivity contribution < 1.29 is 37.9 Å². The molecule has 2 heterocycles. The molecule has 0 aliphatic carbocycles. The number of rotatable bonds is 13. The Balaban J connectivity index is 2.03. The Bertz CT molecular complexity index is 1590. The molecule has 0 atom stereocenters. The van der Waals surface area contributed by atoms with E-state index in [0.29, 0.717) is 46.0 Å². The molecule has 0 amide bonds. The molecule has 4 aromatic rings. The van der Waals surface area contributed by atoms with Crippen LogP contribution in [-0.2, 0) is 0 Å². The molecule has 0 saturated carbocycles. The SMILES string of the molecule is COc1cc(OC(C)C)c(-c2sc(-c3sc(-c4c(OC(C)C)cc(OC)c(OC)c4OC)c(C)c3C)c(C)c2C)c(OC)c1OC. The van der Waals surface area contributed by atoms with Crippen LogP contribution in [0, 0.1) is 27.7 Å². The van der Waals surface area contributed by atoms with Gasteiger partial charge in [-0.2, -0.15) is 0 Å². The summed E-state index contributed by atoms with van der Waals surface area (Å²) in [6, 6.07) is 3.76. The fourth-order valence-electron chi connectivity index (χ4n) is 5.49. The summed E-state index contributed by atoms with van der Waals surface area (Å²) in [5, 5.41) is 0. The zero-order chi connectivity index (χ0) is 34.0. The molecule has 0 aliphatic heterocycles. The van der Waals surface area contributed by atoms with Gasteiger partial charge >= 0.3 is 0 Å². The summed E-state index contributed by atoms with van der Waals surface area (Å²) in [6.45, 7) is 16.6. The summed E-state index contributed by atoms with van der Waals surface area (Å²) in [7, 11) is 9.73. The Morgan fingerprint density at radius 3 is 0.978 bits per heavy atom. The average molecular weight is 671 g/mol. The zero-order valence-electron chi connectivity index (χ0n) is 29.4.